The lowest BCUT2D eigenvalue weighted by Gasteiger charge is -2.18. The van der Waals surface area contributed by atoms with E-state index < -0.39 is 15.5 Å². The standard InChI is InChI=1S/C27H30FN5O3S/c1-6-37(29,35)20-7-8-23-21(14-20)24(9-10-30-23)36-26-17(2)11-18(12-22(26)28)13-25(34)32-19-15-31-33(16-19)27(3,4)5/h7-12,14-16,29H,6,13H2,1-5H3,(H,32,34)/t37-/m0/s1. The molecule has 37 heavy (non-hydrogen) atoms. The number of benzene rings is 2. The Hall–Kier alpha value is -3.79. The van der Waals surface area contributed by atoms with Gasteiger partial charge in [-0.25, -0.2) is 13.4 Å². The number of aromatic nitrogens is 3. The Morgan fingerprint density at radius 3 is 2.62 bits per heavy atom. The second kappa shape index (κ2) is 9.93. The van der Waals surface area contributed by atoms with Gasteiger partial charge in [0.1, 0.15) is 5.75 Å². The van der Waals surface area contributed by atoms with E-state index in [4.69, 9.17) is 9.52 Å². The molecule has 8 nitrogen and oxygen atoms in total. The third-order valence-corrected chi connectivity index (χ3v) is 7.71. The molecule has 0 saturated carbocycles. The SMILES string of the molecule is CC[S@](=N)(=O)c1ccc2nccc(Oc3c(C)cc(CC(=O)Nc4cnn(C(C)(C)C)c4)cc3F)c2c1. The van der Waals surface area contributed by atoms with Gasteiger partial charge in [0, 0.05) is 28.4 Å². The highest BCUT2D eigenvalue weighted by atomic mass is 32.2. The Labute approximate surface area is 215 Å². The van der Waals surface area contributed by atoms with Crippen LogP contribution in [0.1, 0.15) is 38.8 Å². The van der Waals surface area contributed by atoms with Crippen LogP contribution in [0.4, 0.5) is 10.1 Å². The van der Waals surface area contributed by atoms with Gasteiger partial charge in [-0.2, -0.15) is 5.10 Å². The van der Waals surface area contributed by atoms with Gasteiger partial charge in [0.25, 0.3) is 0 Å². The largest absolute Gasteiger partial charge is 0.453 e. The van der Waals surface area contributed by atoms with Crippen LogP contribution in [-0.4, -0.2) is 30.6 Å². The topological polar surface area (TPSA) is 110 Å². The van der Waals surface area contributed by atoms with E-state index in [1.54, 1.807) is 67.5 Å². The number of nitrogens with zero attached hydrogens (tertiary/aromatic N) is 3. The Morgan fingerprint density at radius 2 is 1.97 bits per heavy atom. The number of hydrogen-bond donors (Lipinski definition) is 2. The number of hydrogen-bond acceptors (Lipinski definition) is 6. The molecule has 2 aromatic carbocycles. The maximum absolute atomic E-state index is 15.2. The van der Waals surface area contributed by atoms with Crippen LogP contribution in [0.25, 0.3) is 10.9 Å². The zero-order chi connectivity index (χ0) is 27.0. The molecule has 4 rings (SSSR count). The molecule has 1 atom stereocenters. The fraction of sp³-hybridized carbons (Fsp3) is 0.296. The van der Waals surface area contributed by atoms with Gasteiger partial charge in [0.05, 0.1) is 39.1 Å². The average Bonchev–Trinajstić information content (AvgIpc) is 3.30. The van der Waals surface area contributed by atoms with Gasteiger partial charge in [-0.05, 0) is 69.2 Å². The number of carbonyl (C=O) groups is 1. The molecule has 2 N–H and O–H groups in total. The highest BCUT2D eigenvalue weighted by Gasteiger charge is 2.18. The molecule has 0 aliphatic rings. The molecular weight excluding hydrogens is 493 g/mol. The maximum atomic E-state index is 15.2. The molecule has 1 amide bonds. The van der Waals surface area contributed by atoms with Crippen LogP contribution in [0.2, 0.25) is 0 Å². The van der Waals surface area contributed by atoms with Crippen molar-refractivity contribution >= 4 is 32.2 Å². The smallest absolute Gasteiger partial charge is 0.228 e. The lowest BCUT2D eigenvalue weighted by Crippen LogP contribution is -2.22. The molecule has 2 heterocycles. The molecule has 0 unspecified atom stereocenters. The van der Waals surface area contributed by atoms with Crippen molar-refractivity contribution in [3.63, 3.8) is 0 Å². The monoisotopic (exact) mass is 523 g/mol. The summed E-state index contributed by atoms with van der Waals surface area (Å²) in [6, 6.07) is 9.50. The Bertz CT molecular complexity index is 1570. The molecule has 4 aromatic rings. The van der Waals surface area contributed by atoms with Crippen molar-refractivity contribution in [2.75, 3.05) is 11.1 Å². The van der Waals surface area contributed by atoms with Crippen molar-refractivity contribution < 1.29 is 18.1 Å². The molecule has 10 heteroatoms. The molecule has 0 aliphatic heterocycles. The number of aryl methyl sites for hydroxylation is 1. The summed E-state index contributed by atoms with van der Waals surface area (Å²) in [6.45, 7) is 9.42. The van der Waals surface area contributed by atoms with Crippen LogP contribution in [0.15, 0.2) is 59.9 Å². The van der Waals surface area contributed by atoms with Gasteiger partial charge in [0.15, 0.2) is 11.6 Å². The van der Waals surface area contributed by atoms with Crippen LogP contribution in [0.3, 0.4) is 0 Å². The number of fused-ring (bicyclic) bond motifs is 1. The predicted octanol–water partition coefficient (Wildman–Crippen LogP) is 6.03. The molecule has 0 bridgehead atoms. The fourth-order valence-corrected chi connectivity index (χ4v) is 4.78. The first-order valence-corrected chi connectivity index (χ1v) is 13.6. The zero-order valence-corrected chi connectivity index (χ0v) is 22.3. The molecule has 0 radical (unpaired) electrons. The zero-order valence-electron chi connectivity index (χ0n) is 21.5. The number of amides is 1. The van der Waals surface area contributed by atoms with Crippen molar-refractivity contribution in [1.82, 2.24) is 14.8 Å². The first kappa shape index (κ1) is 26.3. The number of pyridine rings is 1. The first-order valence-electron chi connectivity index (χ1n) is 11.8. The third kappa shape index (κ3) is 5.80. The summed E-state index contributed by atoms with van der Waals surface area (Å²) >= 11 is 0. The Balaban J connectivity index is 1.56. The van der Waals surface area contributed by atoms with Crippen molar-refractivity contribution in [3.8, 4) is 11.5 Å². The summed E-state index contributed by atoms with van der Waals surface area (Å²) in [7, 11) is -2.94. The summed E-state index contributed by atoms with van der Waals surface area (Å²) < 4.78 is 43.6. The molecule has 0 saturated heterocycles. The molecule has 194 valence electrons. The quantitative estimate of drug-likeness (QED) is 0.307. The van der Waals surface area contributed by atoms with E-state index in [0.29, 0.717) is 38.4 Å². The van der Waals surface area contributed by atoms with Crippen molar-refractivity contribution in [2.45, 2.75) is 51.5 Å². The van der Waals surface area contributed by atoms with E-state index in [9.17, 15) is 9.00 Å². The van der Waals surface area contributed by atoms with Crippen molar-refractivity contribution in [2.24, 2.45) is 0 Å². The van der Waals surface area contributed by atoms with Gasteiger partial charge >= 0.3 is 0 Å². The van der Waals surface area contributed by atoms with Crippen LogP contribution >= 0.6 is 0 Å². The van der Waals surface area contributed by atoms with Crippen molar-refractivity contribution in [3.05, 3.63) is 71.9 Å². The number of nitrogens with one attached hydrogen (secondary N) is 2. The summed E-state index contributed by atoms with van der Waals surface area (Å²) in [4.78, 5) is 17.2. The highest BCUT2D eigenvalue weighted by Crippen LogP contribution is 2.34. The Kier molecular flexibility index (Phi) is 7.05. The number of rotatable bonds is 7. The lowest BCUT2D eigenvalue weighted by atomic mass is 10.1. The highest BCUT2D eigenvalue weighted by molar-refractivity contribution is 7.92. The number of anilines is 1. The van der Waals surface area contributed by atoms with Gasteiger partial charge in [-0.1, -0.05) is 13.0 Å². The third-order valence-electron chi connectivity index (χ3n) is 5.88. The summed E-state index contributed by atoms with van der Waals surface area (Å²) in [5, 5.41) is 7.60. The number of ether oxygens (including phenoxy) is 1. The minimum Gasteiger partial charge on any atom is -0.453 e. The summed E-state index contributed by atoms with van der Waals surface area (Å²) in [6.07, 6.45) is 4.86. The molecular formula is C27H30FN5O3S. The number of carbonyl (C=O) groups excluding carboxylic acids is 1. The minimum absolute atomic E-state index is 0.0187. The van der Waals surface area contributed by atoms with Gasteiger partial charge in [-0.3, -0.25) is 14.5 Å². The van der Waals surface area contributed by atoms with E-state index in [2.05, 4.69) is 15.4 Å². The van der Waals surface area contributed by atoms with Gasteiger partial charge in [0.2, 0.25) is 5.91 Å². The number of halogens is 1. The summed E-state index contributed by atoms with van der Waals surface area (Å²) in [5.74, 6) is -0.362. The predicted molar refractivity (Wildman–Crippen MR) is 142 cm³/mol. The molecule has 0 aliphatic carbocycles. The van der Waals surface area contributed by atoms with Gasteiger partial charge < -0.3 is 10.1 Å². The van der Waals surface area contributed by atoms with E-state index in [1.807, 2.05) is 20.8 Å². The van der Waals surface area contributed by atoms with Crippen LogP contribution in [0.5, 0.6) is 11.5 Å². The Morgan fingerprint density at radius 1 is 1.22 bits per heavy atom. The molecule has 0 spiro atoms. The normalized spacial score (nSPS) is 13.4. The second-order valence-corrected chi connectivity index (χ2v) is 12.2. The van der Waals surface area contributed by atoms with E-state index >= 15 is 4.39 Å². The van der Waals surface area contributed by atoms with E-state index in [1.165, 1.54) is 6.07 Å². The van der Waals surface area contributed by atoms with E-state index in [0.717, 1.165) is 0 Å². The molecule has 2 aromatic heterocycles. The van der Waals surface area contributed by atoms with Crippen LogP contribution in [-0.2, 0) is 26.5 Å². The first-order chi connectivity index (χ1) is 17.4. The fourth-order valence-electron chi connectivity index (χ4n) is 3.85. The maximum Gasteiger partial charge on any atom is 0.228 e. The lowest BCUT2D eigenvalue weighted by molar-refractivity contribution is -0.115. The van der Waals surface area contributed by atoms with Crippen LogP contribution in [0, 0.1) is 17.5 Å². The van der Waals surface area contributed by atoms with Gasteiger partial charge in [-0.15, -0.1) is 0 Å². The van der Waals surface area contributed by atoms with E-state index in [-0.39, 0.29) is 29.4 Å². The minimum atomic E-state index is -2.94. The second-order valence-electron chi connectivity index (χ2n) is 9.85. The molecule has 0 fully saturated rings. The summed E-state index contributed by atoms with van der Waals surface area (Å²) in [5.41, 5.74) is 1.95. The van der Waals surface area contributed by atoms with Crippen LogP contribution < -0.4 is 10.1 Å². The average molecular weight is 524 g/mol. The van der Waals surface area contributed by atoms with Crippen molar-refractivity contribution in [1.29, 1.82) is 4.78 Å².